The van der Waals surface area contributed by atoms with E-state index >= 15 is 0 Å². The number of nitrogens with one attached hydrogen (secondary N) is 2. The molecule has 0 radical (unpaired) electrons. The van der Waals surface area contributed by atoms with Crippen molar-refractivity contribution in [3.05, 3.63) is 40.7 Å². The minimum absolute atomic E-state index is 0.235. The fourth-order valence-corrected chi connectivity index (χ4v) is 4.86. The number of carbonyl (C=O) groups is 1. The first kappa shape index (κ1) is 17.5. The minimum atomic E-state index is -1.28. The van der Waals surface area contributed by atoms with Gasteiger partial charge in [0.05, 0.1) is 24.6 Å². The van der Waals surface area contributed by atoms with Gasteiger partial charge in [0.1, 0.15) is 5.41 Å². The zero-order valence-electron chi connectivity index (χ0n) is 15.9. The zero-order chi connectivity index (χ0) is 19.5. The van der Waals surface area contributed by atoms with Gasteiger partial charge >= 0.3 is 0 Å². The Balaban J connectivity index is 1.75. The fraction of sp³-hybridized carbons (Fsp3) is 0.429. The van der Waals surface area contributed by atoms with E-state index in [0.717, 1.165) is 53.7 Å². The number of aryl methyl sites for hydroxylation is 1. The van der Waals surface area contributed by atoms with Gasteiger partial charge in [-0.1, -0.05) is 0 Å². The number of H-pyrrole nitrogens is 1. The van der Waals surface area contributed by atoms with Crippen LogP contribution in [-0.4, -0.2) is 46.6 Å². The molecule has 3 aliphatic rings. The van der Waals surface area contributed by atoms with E-state index in [1.807, 2.05) is 25.3 Å². The Labute approximate surface area is 162 Å². The quantitative estimate of drug-likeness (QED) is 0.651. The number of carbonyl (C=O) groups excluding carboxylic acids is 1. The highest BCUT2D eigenvalue weighted by Gasteiger charge is 2.50. The molecular formula is C21H24N4O3. The van der Waals surface area contributed by atoms with E-state index in [1.165, 1.54) is 11.1 Å². The average molecular weight is 380 g/mol. The van der Waals surface area contributed by atoms with Crippen LogP contribution in [-0.2, 0) is 16.6 Å². The van der Waals surface area contributed by atoms with Crippen molar-refractivity contribution < 1.29 is 15.0 Å². The van der Waals surface area contributed by atoms with Gasteiger partial charge in [-0.25, -0.2) is 0 Å². The van der Waals surface area contributed by atoms with Gasteiger partial charge in [0, 0.05) is 35.8 Å². The van der Waals surface area contributed by atoms with Crippen molar-refractivity contribution >= 4 is 28.2 Å². The Morgan fingerprint density at radius 1 is 1.25 bits per heavy atom. The number of aromatic amines is 1. The molecule has 7 nitrogen and oxygen atoms in total. The molecule has 0 saturated carbocycles. The van der Waals surface area contributed by atoms with Crippen LogP contribution < -0.4 is 10.3 Å². The lowest BCUT2D eigenvalue weighted by Gasteiger charge is -2.23. The number of hydrogen-bond donors (Lipinski definition) is 4. The lowest BCUT2D eigenvalue weighted by molar-refractivity contribution is -0.126. The lowest BCUT2D eigenvalue weighted by atomic mass is 9.82. The summed E-state index contributed by atoms with van der Waals surface area (Å²) in [5.41, 5.74) is 8.78. The molecule has 0 spiro atoms. The number of amides is 1. The fourth-order valence-electron chi connectivity index (χ4n) is 4.86. The molecule has 1 aliphatic carbocycles. The van der Waals surface area contributed by atoms with Gasteiger partial charge in [0.2, 0.25) is 5.91 Å². The summed E-state index contributed by atoms with van der Waals surface area (Å²) in [6, 6.07) is 3.98. The van der Waals surface area contributed by atoms with Gasteiger partial charge in [-0.2, -0.15) is 5.10 Å². The summed E-state index contributed by atoms with van der Waals surface area (Å²) < 4.78 is 0. The number of hydrogen-bond acceptors (Lipinski definition) is 5. The standard InChI is InChI=1S/C21H24N4O3/c1-2-25-18-7-14-13-5-3-4-12-6-17(24-22-9-12)19(13)23-16(14)8-15(18)21(10-26,11-27)20(25)28/h7-9,22-23,26-27H,2-6,10-11H2,1H3. The van der Waals surface area contributed by atoms with E-state index in [-0.39, 0.29) is 5.91 Å². The minimum Gasteiger partial charge on any atom is -0.395 e. The highest BCUT2D eigenvalue weighted by atomic mass is 16.3. The molecule has 0 saturated heterocycles. The van der Waals surface area contributed by atoms with Crippen LogP contribution in [0.5, 0.6) is 0 Å². The van der Waals surface area contributed by atoms with Crippen LogP contribution in [0.2, 0.25) is 0 Å². The van der Waals surface area contributed by atoms with Crippen LogP contribution in [0.15, 0.2) is 29.0 Å². The number of fused-ring (bicyclic) bond motifs is 7. The van der Waals surface area contributed by atoms with Crippen LogP contribution in [0.3, 0.4) is 0 Å². The van der Waals surface area contributed by atoms with Crippen molar-refractivity contribution in [2.75, 3.05) is 24.7 Å². The molecule has 28 heavy (non-hydrogen) atoms. The Bertz CT molecular complexity index is 1050. The molecule has 1 aromatic carbocycles. The van der Waals surface area contributed by atoms with Crippen molar-refractivity contribution in [1.82, 2.24) is 10.4 Å². The third-order valence-corrected chi connectivity index (χ3v) is 6.42. The Hall–Kier alpha value is -2.64. The summed E-state index contributed by atoms with van der Waals surface area (Å²) in [5, 5.41) is 25.6. The van der Waals surface area contributed by atoms with Crippen LogP contribution in [0.4, 0.5) is 5.69 Å². The molecule has 3 heterocycles. The third kappa shape index (κ3) is 2.17. The number of nitrogens with zero attached hydrogens (tertiary/aromatic N) is 2. The van der Waals surface area contributed by atoms with Gasteiger partial charge in [-0.15, -0.1) is 0 Å². The maximum absolute atomic E-state index is 13.0. The third-order valence-electron chi connectivity index (χ3n) is 6.42. The Kier molecular flexibility index (Phi) is 3.86. The first-order valence-corrected chi connectivity index (χ1v) is 9.86. The van der Waals surface area contributed by atoms with Crippen LogP contribution in [0, 0.1) is 0 Å². The van der Waals surface area contributed by atoms with Crippen molar-refractivity contribution in [2.24, 2.45) is 5.10 Å². The maximum Gasteiger partial charge on any atom is 0.242 e. The smallest absolute Gasteiger partial charge is 0.242 e. The number of allylic oxidation sites excluding steroid dienone is 1. The number of aliphatic hydroxyl groups excluding tert-OH is 2. The maximum atomic E-state index is 13.0. The predicted molar refractivity (Wildman–Crippen MR) is 107 cm³/mol. The molecule has 0 unspecified atom stereocenters. The highest BCUT2D eigenvalue weighted by molar-refractivity contribution is 6.12. The SMILES string of the molecule is CCN1C(=O)C(CO)(CO)c2cc3[nH]c4c(c3cc21)CCCC1=CNN=C4C1. The van der Waals surface area contributed by atoms with Gasteiger partial charge in [0.25, 0.3) is 0 Å². The van der Waals surface area contributed by atoms with E-state index in [2.05, 4.69) is 15.5 Å². The number of likely N-dealkylation sites (N-methyl/N-ethyl adjacent to an activating group) is 1. The van der Waals surface area contributed by atoms with E-state index in [9.17, 15) is 15.0 Å². The number of aliphatic hydroxyl groups is 2. The van der Waals surface area contributed by atoms with Gasteiger partial charge in [-0.05, 0) is 55.0 Å². The summed E-state index contributed by atoms with van der Waals surface area (Å²) in [6.07, 6.45) is 5.87. The summed E-state index contributed by atoms with van der Waals surface area (Å²) in [4.78, 5) is 18.2. The normalized spacial score (nSPS) is 20.1. The number of aromatic nitrogens is 1. The van der Waals surface area contributed by atoms with Gasteiger partial charge < -0.3 is 20.1 Å². The number of anilines is 1. The summed E-state index contributed by atoms with van der Waals surface area (Å²) in [5.74, 6) is -0.235. The molecular weight excluding hydrogens is 356 g/mol. The molecule has 2 aliphatic heterocycles. The first-order valence-electron chi connectivity index (χ1n) is 9.86. The molecule has 1 aromatic heterocycles. The van der Waals surface area contributed by atoms with Crippen molar-refractivity contribution in [1.29, 1.82) is 0 Å². The Morgan fingerprint density at radius 2 is 2.07 bits per heavy atom. The number of rotatable bonds is 3. The molecule has 146 valence electrons. The second-order valence-corrected chi connectivity index (χ2v) is 7.86. The molecule has 4 N–H and O–H groups in total. The zero-order valence-corrected chi connectivity index (χ0v) is 15.9. The van der Waals surface area contributed by atoms with E-state index in [4.69, 9.17) is 0 Å². The molecule has 1 amide bonds. The monoisotopic (exact) mass is 380 g/mol. The second kappa shape index (κ2) is 6.18. The van der Waals surface area contributed by atoms with E-state index < -0.39 is 18.6 Å². The summed E-state index contributed by atoms with van der Waals surface area (Å²) in [7, 11) is 0. The lowest BCUT2D eigenvalue weighted by Crippen LogP contribution is -2.45. The molecule has 2 aromatic rings. The second-order valence-electron chi connectivity index (χ2n) is 7.86. The van der Waals surface area contributed by atoms with E-state index in [1.54, 1.807) is 4.90 Å². The summed E-state index contributed by atoms with van der Waals surface area (Å²) in [6.45, 7) is 1.58. The van der Waals surface area contributed by atoms with Gasteiger partial charge in [0.15, 0.2) is 0 Å². The molecule has 2 bridgehead atoms. The predicted octanol–water partition coefficient (Wildman–Crippen LogP) is 1.67. The topological polar surface area (TPSA) is 101 Å². The molecule has 5 rings (SSSR count). The number of hydrazone groups is 1. The van der Waals surface area contributed by atoms with Crippen molar-refractivity contribution in [3.63, 3.8) is 0 Å². The average Bonchev–Trinajstić information content (AvgIpc) is 3.17. The van der Waals surface area contributed by atoms with Crippen LogP contribution in [0.1, 0.15) is 43.0 Å². The largest absolute Gasteiger partial charge is 0.395 e. The molecule has 7 heteroatoms. The van der Waals surface area contributed by atoms with Crippen LogP contribution in [0.25, 0.3) is 10.9 Å². The summed E-state index contributed by atoms with van der Waals surface area (Å²) >= 11 is 0. The Morgan fingerprint density at radius 3 is 2.82 bits per heavy atom. The molecule has 0 fully saturated rings. The highest BCUT2D eigenvalue weighted by Crippen LogP contribution is 2.45. The molecule has 0 atom stereocenters. The van der Waals surface area contributed by atoms with Crippen molar-refractivity contribution in [2.45, 2.75) is 38.0 Å². The first-order chi connectivity index (χ1) is 13.6. The van der Waals surface area contributed by atoms with E-state index in [0.29, 0.717) is 12.1 Å². The number of benzene rings is 1. The van der Waals surface area contributed by atoms with Crippen molar-refractivity contribution in [3.8, 4) is 0 Å². The van der Waals surface area contributed by atoms with Gasteiger partial charge in [-0.3, -0.25) is 10.2 Å². The van der Waals surface area contributed by atoms with Crippen LogP contribution >= 0.6 is 0 Å².